The number of thioether (sulfide) groups is 1. The van der Waals surface area contributed by atoms with Crippen LogP contribution in [0.2, 0.25) is 0 Å². The highest BCUT2D eigenvalue weighted by atomic mass is 32.2. The van der Waals surface area contributed by atoms with Gasteiger partial charge in [-0.25, -0.2) is 0 Å². The fourth-order valence-electron chi connectivity index (χ4n) is 1.00. The molecule has 0 spiro atoms. The second-order valence-electron chi connectivity index (χ2n) is 2.80. The van der Waals surface area contributed by atoms with E-state index >= 15 is 0 Å². The Morgan fingerprint density at radius 2 is 2.12 bits per heavy atom. The summed E-state index contributed by atoms with van der Waals surface area (Å²) in [5, 5.41) is 23.7. The molecule has 6 nitrogen and oxygen atoms in total. The zero-order chi connectivity index (χ0) is 12.3. The van der Waals surface area contributed by atoms with Gasteiger partial charge in [-0.05, 0) is 24.1 Å². The predicted molar refractivity (Wildman–Crippen MR) is 68.9 cm³/mol. The summed E-state index contributed by atoms with van der Waals surface area (Å²) in [6.07, 6.45) is 3.45. The minimum Gasteiger partial charge on any atom is -0.384 e. The third-order valence-electron chi connectivity index (χ3n) is 1.72. The van der Waals surface area contributed by atoms with E-state index in [1.165, 1.54) is 41.1 Å². The monoisotopic (exact) mass is 284 g/mol. The summed E-state index contributed by atoms with van der Waals surface area (Å²) in [5.41, 5.74) is 6.03. The van der Waals surface area contributed by atoms with E-state index in [1.54, 1.807) is 6.07 Å². The molecule has 0 saturated heterocycles. The molecular formula is C8H8N6S3. The minimum absolute atomic E-state index is 0.0306. The molecule has 0 aromatic carbocycles. The van der Waals surface area contributed by atoms with Crippen molar-refractivity contribution in [2.75, 3.05) is 6.26 Å². The summed E-state index contributed by atoms with van der Waals surface area (Å²) in [4.78, 5) is 0. The molecule has 2 aromatic rings. The Labute approximate surface area is 110 Å². The average Bonchev–Trinajstić information content (AvgIpc) is 2.77. The van der Waals surface area contributed by atoms with Crippen molar-refractivity contribution in [3.63, 3.8) is 0 Å². The summed E-state index contributed by atoms with van der Waals surface area (Å²) in [6, 6.07) is 1.66. The van der Waals surface area contributed by atoms with Crippen LogP contribution in [-0.4, -0.2) is 32.5 Å². The van der Waals surface area contributed by atoms with Crippen molar-refractivity contribution in [1.82, 2.24) is 20.4 Å². The zero-order valence-electron chi connectivity index (χ0n) is 8.75. The van der Waals surface area contributed by atoms with Crippen LogP contribution in [-0.2, 0) is 0 Å². The third-order valence-corrected chi connectivity index (χ3v) is 4.67. The molecule has 0 atom stereocenters. The van der Waals surface area contributed by atoms with Gasteiger partial charge in [0.2, 0.25) is 0 Å². The largest absolute Gasteiger partial charge is 0.384 e. The fraction of sp³-hybridized carbons (Fsp3) is 0.125. The quantitative estimate of drug-likeness (QED) is 0.498. The Kier molecular flexibility index (Phi) is 3.92. The zero-order valence-corrected chi connectivity index (χ0v) is 11.2. The normalized spacial score (nSPS) is 10.4. The molecule has 2 rings (SSSR count). The molecular weight excluding hydrogens is 276 g/mol. The van der Waals surface area contributed by atoms with Crippen LogP contribution in [0, 0.1) is 5.41 Å². The lowest BCUT2D eigenvalue weighted by molar-refractivity contribution is 0.913. The van der Waals surface area contributed by atoms with Crippen LogP contribution < -0.4 is 5.73 Å². The van der Waals surface area contributed by atoms with Crippen molar-refractivity contribution >= 4 is 40.7 Å². The lowest BCUT2D eigenvalue weighted by Crippen LogP contribution is -2.13. The Bertz CT molecular complexity index is 540. The first-order valence-electron chi connectivity index (χ1n) is 4.42. The van der Waals surface area contributed by atoms with Crippen molar-refractivity contribution in [1.29, 1.82) is 5.41 Å². The van der Waals surface area contributed by atoms with E-state index in [0.717, 1.165) is 8.68 Å². The summed E-state index contributed by atoms with van der Waals surface area (Å²) in [7, 11) is 0. The number of nitrogen functional groups attached to an aromatic ring is 1. The van der Waals surface area contributed by atoms with Crippen molar-refractivity contribution < 1.29 is 0 Å². The molecule has 3 N–H and O–H groups in total. The molecule has 17 heavy (non-hydrogen) atoms. The topological polar surface area (TPSA) is 101 Å². The Morgan fingerprint density at radius 3 is 2.76 bits per heavy atom. The van der Waals surface area contributed by atoms with Gasteiger partial charge in [0.1, 0.15) is 10.9 Å². The van der Waals surface area contributed by atoms with Crippen LogP contribution in [0.4, 0.5) is 0 Å². The minimum atomic E-state index is -0.0306. The van der Waals surface area contributed by atoms with E-state index in [0.29, 0.717) is 10.6 Å². The molecule has 88 valence electrons. The molecule has 0 fully saturated rings. The summed E-state index contributed by atoms with van der Waals surface area (Å²) in [5.74, 6) is -0.0306. The maximum Gasteiger partial charge on any atom is 0.181 e. The van der Waals surface area contributed by atoms with E-state index in [-0.39, 0.29) is 5.84 Å². The van der Waals surface area contributed by atoms with E-state index in [4.69, 9.17) is 11.1 Å². The van der Waals surface area contributed by atoms with Gasteiger partial charge in [-0.2, -0.15) is 5.10 Å². The van der Waals surface area contributed by atoms with Crippen molar-refractivity contribution in [2.24, 2.45) is 5.73 Å². The lowest BCUT2D eigenvalue weighted by atomic mass is 10.3. The van der Waals surface area contributed by atoms with Gasteiger partial charge in [0.15, 0.2) is 8.68 Å². The number of hydrogen-bond acceptors (Lipinski definition) is 8. The van der Waals surface area contributed by atoms with Gasteiger partial charge in [0.05, 0.1) is 11.8 Å². The fourth-order valence-corrected chi connectivity index (χ4v) is 3.43. The Hall–Kier alpha value is -1.19. The second-order valence-corrected chi connectivity index (χ2v) is 6.07. The van der Waals surface area contributed by atoms with Gasteiger partial charge in [-0.15, -0.1) is 15.3 Å². The third kappa shape index (κ3) is 2.93. The molecule has 0 aliphatic carbocycles. The van der Waals surface area contributed by atoms with Gasteiger partial charge >= 0.3 is 0 Å². The standard InChI is InChI=1S/C8H8N6S3/c1-15-7-13-14-8(17-7)16-6-4(5(9)10)2-3-11-12-6/h2-3H,1H3,(H3,9,10). The molecule has 0 aliphatic rings. The predicted octanol–water partition coefficient (Wildman–Crippen LogP) is 1.49. The molecule has 0 aliphatic heterocycles. The van der Waals surface area contributed by atoms with E-state index < -0.39 is 0 Å². The molecule has 2 heterocycles. The van der Waals surface area contributed by atoms with Crippen molar-refractivity contribution in [3.05, 3.63) is 17.8 Å². The van der Waals surface area contributed by atoms with E-state index in [2.05, 4.69) is 20.4 Å². The van der Waals surface area contributed by atoms with Gasteiger partial charge in [-0.1, -0.05) is 23.1 Å². The van der Waals surface area contributed by atoms with Crippen molar-refractivity contribution in [2.45, 2.75) is 13.7 Å². The molecule has 9 heteroatoms. The molecule has 0 amide bonds. The average molecular weight is 284 g/mol. The number of nitrogens with two attached hydrogens (primary N) is 1. The molecule has 2 aromatic heterocycles. The first kappa shape index (κ1) is 12.3. The summed E-state index contributed by atoms with van der Waals surface area (Å²) < 4.78 is 1.65. The summed E-state index contributed by atoms with van der Waals surface area (Å²) >= 11 is 4.33. The number of nitrogens with zero attached hydrogens (tertiary/aromatic N) is 4. The molecule has 0 bridgehead atoms. The molecule has 0 radical (unpaired) electrons. The van der Waals surface area contributed by atoms with Crippen LogP contribution in [0.15, 0.2) is 26.0 Å². The maximum atomic E-state index is 7.44. The van der Waals surface area contributed by atoms with Gasteiger partial charge in [0.25, 0.3) is 0 Å². The van der Waals surface area contributed by atoms with Crippen molar-refractivity contribution in [3.8, 4) is 0 Å². The first-order valence-corrected chi connectivity index (χ1v) is 7.28. The number of aromatic nitrogens is 4. The second kappa shape index (κ2) is 5.43. The van der Waals surface area contributed by atoms with Gasteiger partial charge in [-0.3, -0.25) is 5.41 Å². The van der Waals surface area contributed by atoms with Crippen LogP contribution in [0.25, 0.3) is 0 Å². The number of amidine groups is 1. The van der Waals surface area contributed by atoms with Gasteiger partial charge < -0.3 is 5.73 Å². The summed E-state index contributed by atoms with van der Waals surface area (Å²) in [6.45, 7) is 0. The highest BCUT2D eigenvalue weighted by Crippen LogP contribution is 2.32. The highest BCUT2D eigenvalue weighted by molar-refractivity contribution is 8.03. The van der Waals surface area contributed by atoms with Crippen LogP contribution in [0.3, 0.4) is 0 Å². The Balaban J connectivity index is 2.26. The number of hydrogen-bond donors (Lipinski definition) is 2. The van der Waals surface area contributed by atoms with Crippen LogP contribution in [0.1, 0.15) is 5.56 Å². The van der Waals surface area contributed by atoms with Crippen LogP contribution in [0.5, 0.6) is 0 Å². The van der Waals surface area contributed by atoms with E-state index in [1.807, 2.05) is 6.26 Å². The van der Waals surface area contributed by atoms with E-state index in [9.17, 15) is 0 Å². The lowest BCUT2D eigenvalue weighted by Gasteiger charge is -2.02. The van der Waals surface area contributed by atoms with Crippen LogP contribution >= 0.6 is 34.9 Å². The SMILES string of the molecule is CSc1nnc(Sc2nnccc2C(=N)N)s1. The van der Waals surface area contributed by atoms with Gasteiger partial charge in [0, 0.05) is 0 Å². The highest BCUT2D eigenvalue weighted by Gasteiger charge is 2.12. The Morgan fingerprint density at radius 1 is 1.35 bits per heavy atom. The number of rotatable bonds is 4. The number of nitrogens with one attached hydrogen (secondary N) is 1. The maximum absolute atomic E-state index is 7.44. The molecule has 0 saturated carbocycles. The smallest absolute Gasteiger partial charge is 0.181 e. The molecule has 0 unspecified atom stereocenters. The first-order chi connectivity index (χ1) is 8.20.